The lowest BCUT2D eigenvalue weighted by molar-refractivity contribution is 0.252. The van der Waals surface area contributed by atoms with E-state index in [1.54, 1.807) is 31.4 Å². The van der Waals surface area contributed by atoms with Gasteiger partial charge in [-0.2, -0.15) is 0 Å². The van der Waals surface area contributed by atoms with E-state index in [-0.39, 0.29) is 6.03 Å². The summed E-state index contributed by atoms with van der Waals surface area (Å²) in [6.45, 7) is 2.48. The molecule has 0 saturated heterocycles. The van der Waals surface area contributed by atoms with Gasteiger partial charge in [-0.3, -0.25) is 0 Å². The molecule has 2 amide bonds. The molecule has 0 aliphatic carbocycles. The minimum Gasteiger partial charge on any atom is -0.497 e. The van der Waals surface area contributed by atoms with Crippen molar-refractivity contribution in [1.82, 2.24) is 5.32 Å². The Morgan fingerprint density at radius 2 is 2.00 bits per heavy atom. The average Bonchev–Trinajstić information content (AvgIpc) is 2.19. The van der Waals surface area contributed by atoms with Crippen molar-refractivity contribution in [2.75, 3.05) is 19.0 Å². The molecule has 0 bridgehead atoms. The fraction of sp³-hybridized carbons (Fsp3) is 0.300. The SMILES string of the molecule is CCNC(=O)Nc1ccc(OC)cc1. The molecule has 0 radical (unpaired) electrons. The van der Waals surface area contributed by atoms with Crippen LogP contribution in [0.3, 0.4) is 0 Å². The predicted octanol–water partition coefficient (Wildman–Crippen LogP) is 1.84. The van der Waals surface area contributed by atoms with Gasteiger partial charge < -0.3 is 15.4 Å². The summed E-state index contributed by atoms with van der Waals surface area (Å²) in [4.78, 5) is 11.1. The number of amides is 2. The molecule has 0 aliphatic heterocycles. The first kappa shape index (κ1) is 10.4. The summed E-state index contributed by atoms with van der Waals surface area (Å²) in [5, 5.41) is 5.33. The summed E-state index contributed by atoms with van der Waals surface area (Å²) in [5.41, 5.74) is 0.747. The quantitative estimate of drug-likeness (QED) is 0.771. The van der Waals surface area contributed by atoms with E-state index in [1.807, 2.05) is 6.92 Å². The van der Waals surface area contributed by atoms with E-state index in [4.69, 9.17) is 4.74 Å². The number of hydrogen-bond acceptors (Lipinski definition) is 2. The Hall–Kier alpha value is -1.71. The number of carbonyl (C=O) groups excluding carboxylic acids is 1. The highest BCUT2D eigenvalue weighted by molar-refractivity contribution is 5.89. The Labute approximate surface area is 83.3 Å². The van der Waals surface area contributed by atoms with Crippen LogP contribution in [0.2, 0.25) is 0 Å². The molecule has 0 spiro atoms. The van der Waals surface area contributed by atoms with Crippen LogP contribution in [-0.2, 0) is 0 Å². The van der Waals surface area contributed by atoms with Gasteiger partial charge in [-0.05, 0) is 31.2 Å². The van der Waals surface area contributed by atoms with Gasteiger partial charge in [0, 0.05) is 12.2 Å². The molecule has 0 heterocycles. The van der Waals surface area contributed by atoms with Gasteiger partial charge in [0.25, 0.3) is 0 Å². The van der Waals surface area contributed by atoms with E-state index in [0.717, 1.165) is 11.4 Å². The third kappa shape index (κ3) is 2.97. The van der Waals surface area contributed by atoms with Crippen LogP contribution in [0.25, 0.3) is 0 Å². The number of carbonyl (C=O) groups is 1. The van der Waals surface area contributed by atoms with Gasteiger partial charge in [0.05, 0.1) is 7.11 Å². The fourth-order valence-electron chi connectivity index (χ4n) is 1.01. The molecule has 0 fully saturated rings. The molecule has 4 heteroatoms. The Morgan fingerprint density at radius 1 is 1.36 bits per heavy atom. The number of rotatable bonds is 3. The molecule has 1 rings (SSSR count). The lowest BCUT2D eigenvalue weighted by Gasteiger charge is -2.06. The minimum atomic E-state index is -0.197. The van der Waals surface area contributed by atoms with Crippen LogP contribution in [0.4, 0.5) is 10.5 Å². The lowest BCUT2D eigenvalue weighted by atomic mass is 10.3. The van der Waals surface area contributed by atoms with Crippen molar-refractivity contribution in [2.45, 2.75) is 6.92 Å². The molecule has 0 aromatic heterocycles. The van der Waals surface area contributed by atoms with Gasteiger partial charge in [0.1, 0.15) is 5.75 Å². The molecule has 4 nitrogen and oxygen atoms in total. The van der Waals surface area contributed by atoms with Gasteiger partial charge in [-0.15, -0.1) is 0 Å². The van der Waals surface area contributed by atoms with E-state index in [2.05, 4.69) is 10.6 Å². The second-order valence-corrected chi connectivity index (χ2v) is 2.71. The maximum absolute atomic E-state index is 11.1. The van der Waals surface area contributed by atoms with Gasteiger partial charge in [0.15, 0.2) is 0 Å². The second-order valence-electron chi connectivity index (χ2n) is 2.71. The molecular formula is C10H14N2O2. The molecular weight excluding hydrogens is 180 g/mol. The molecule has 2 N–H and O–H groups in total. The molecule has 14 heavy (non-hydrogen) atoms. The van der Waals surface area contributed by atoms with Crippen LogP contribution in [0, 0.1) is 0 Å². The summed E-state index contributed by atoms with van der Waals surface area (Å²) >= 11 is 0. The monoisotopic (exact) mass is 194 g/mol. The number of hydrogen-bond donors (Lipinski definition) is 2. The topological polar surface area (TPSA) is 50.4 Å². The first-order chi connectivity index (χ1) is 6.76. The van der Waals surface area contributed by atoms with E-state index < -0.39 is 0 Å². The van der Waals surface area contributed by atoms with Crippen molar-refractivity contribution >= 4 is 11.7 Å². The highest BCUT2D eigenvalue weighted by Crippen LogP contribution is 2.14. The van der Waals surface area contributed by atoms with Crippen molar-refractivity contribution in [3.63, 3.8) is 0 Å². The van der Waals surface area contributed by atoms with Crippen molar-refractivity contribution in [3.05, 3.63) is 24.3 Å². The highest BCUT2D eigenvalue weighted by atomic mass is 16.5. The van der Waals surface area contributed by atoms with Crippen LogP contribution in [0.5, 0.6) is 5.75 Å². The first-order valence-corrected chi connectivity index (χ1v) is 4.45. The number of urea groups is 1. The van der Waals surface area contributed by atoms with Crippen LogP contribution in [-0.4, -0.2) is 19.7 Å². The van der Waals surface area contributed by atoms with Crippen molar-refractivity contribution in [2.24, 2.45) is 0 Å². The number of ether oxygens (including phenoxy) is 1. The summed E-state index contributed by atoms with van der Waals surface area (Å²) in [5.74, 6) is 0.770. The normalized spacial score (nSPS) is 9.29. The number of nitrogens with one attached hydrogen (secondary N) is 2. The van der Waals surface area contributed by atoms with Gasteiger partial charge in [-0.1, -0.05) is 0 Å². The van der Waals surface area contributed by atoms with Gasteiger partial charge >= 0.3 is 6.03 Å². The maximum Gasteiger partial charge on any atom is 0.319 e. The number of methoxy groups -OCH3 is 1. The standard InChI is InChI=1S/C10H14N2O2/c1-3-11-10(13)12-8-4-6-9(14-2)7-5-8/h4-7H,3H2,1-2H3,(H2,11,12,13). The van der Waals surface area contributed by atoms with E-state index in [9.17, 15) is 4.79 Å². The first-order valence-electron chi connectivity index (χ1n) is 4.45. The zero-order valence-corrected chi connectivity index (χ0v) is 8.33. The zero-order valence-electron chi connectivity index (χ0n) is 8.33. The Bertz CT molecular complexity index is 295. The Kier molecular flexibility index (Phi) is 3.79. The van der Waals surface area contributed by atoms with E-state index in [0.29, 0.717) is 6.54 Å². The summed E-state index contributed by atoms with van der Waals surface area (Å²) in [7, 11) is 1.60. The van der Waals surface area contributed by atoms with Crippen molar-refractivity contribution in [3.8, 4) is 5.75 Å². The number of benzene rings is 1. The average molecular weight is 194 g/mol. The third-order valence-electron chi connectivity index (χ3n) is 1.69. The van der Waals surface area contributed by atoms with Gasteiger partial charge in [0.2, 0.25) is 0 Å². The zero-order chi connectivity index (χ0) is 10.4. The molecule has 0 saturated carbocycles. The number of anilines is 1. The Morgan fingerprint density at radius 3 is 2.50 bits per heavy atom. The minimum absolute atomic E-state index is 0.197. The van der Waals surface area contributed by atoms with Crippen LogP contribution in [0.1, 0.15) is 6.92 Å². The third-order valence-corrected chi connectivity index (χ3v) is 1.69. The van der Waals surface area contributed by atoms with Gasteiger partial charge in [-0.25, -0.2) is 4.79 Å². The molecule has 0 aliphatic rings. The summed E-state index contributed by atoms with van der Waals surface area (Å²) in [6, 6.07) is 6.96. The molecule has 1 aromatic carbocycles. The molecule has 1 aromatic rings. The molecule has 0 unspecified atom stereocenters. The van der Waals surface area contributed by atoms with E-state index >= 15 is 0 Å². The highest BCUT2D eigenvalue weighted by Gasteiger charge is 1.98. The lowest BCUT2D eigenvalue weighted by Crippen LogP contribution is -2.28. The maximum atomic E-state index is 11.1. The molecule has 76 valence electrons. The van der Waals surface area contributed by atoms with Crippen LogP contribution >= 0.6 is 0 Å². The summed E-state index contributed by atoms with van der Waals surface area (Å²) in [6.07, 6.45) is 0. The predicted molar refractivity (Wildman–Crippen MR) is 55.7 cm³/mol. The Balaban J connectivity index is 2.55. The van der Waals surface area contributed by atoms with Crippen molar-refractivity contribution < 1.29 is 9.53 Å². The largest absolute Gasteiger partial charge is 0.497 e. The summed E-state index contributed by atoms with van der Waals surface area (Å²) < 4.78 is 4.99. The smallest absolute Gasteiger partial charge is 0.319 e. The van der Waals surface area contributed by atoms with Crippen LogP contribution in [0.15, 0.2) is 24.3 Å². The van der Waals surface area contributed by atoms with Crippen molar-refractivity contribution in [1.29, 1.82) is 0 Å². The molecule has 0 atom stereocenters. The fourth-order valence-corrected chi connectivity index (χ4v) is 1.01. The van der Waals surface area contributed by atoms with E-state index in [1.165, 1.54) is 0 Å². The van der Waals surface area contributed by atoms with Crippen LogP contribution < -0.4 is 15.4 Å². The second kappa shape index (κ2) is 5.11.